The highest BCUT2D eigenvalue weighted by atomic mass is 16.5. The molecular weight excluding hydrogens is 380 g/mol. The first kappa shape index (κ1) is 21.2. The van der Waals surface area contributed by atoms with Crippen molar-refractivity contribution in [2.75, 3.05) is 20.2 Å². The molecule has 2 atom stereocenters. The number of aryl methyl sites for hydroxylation is 1. The quantitative estimate of drug-likeness (QED) is 0.832. The van der Waals surface area contributed by atoms with E-state index in [2.05, 4.69) is 18.4 Å². The second kappa shape index (κ2) is 7.89. The SMILES string of the molecule is COc1ccc2c(c1)c(C(=O)N1CCC3(CC1)C[C@H](O)C[C@H](C(C)C)O3)c(C)n2C. The van der Waals surface area contributed by atoms with Crippen LogP contribution in [-0.4, -0.2) is 58.5 Å². The van der Waals surface area contributed by atoms with Crippen LogP contribution in [0.1, 0.15) is 55.6 Å². The smallest absolute Gasteiger partial charge is 0.256 e. The summed E-state index contributed by atoms with van der Waals surface area (Å²) in [5, 5.41) is 11.4. The molecule has 30 heavy (non-hydrogen) atoms. The van der Waals surface area contributed by atoms with E-state index in [0.717, 1.165) is 40.8 Å². The Labute approximate surface area is 178 Å². The number of hydrogen-bond donors (Lipinski definition) is 1. The van der Waals surface area contributed by atoms with Gasteiger partial charge in [-0.3, -0.25) is 4.79 Å². The molecule has 3 heterocycles. The predicted octanol–water partition coefficient (Wildman–Crippen LogP) is 3.67. The minimum absolute atomic E-state index is 0.0676. The molecule has 0 saturated carbocycles. The largest absolute Gasteiger partial charge is 0.497 e. The van der Waals surface area contributed by atoms with E-state index in [1.54, 1.807) is 7.11 Å². The molecular formula is C24H34N2O4. The summed E-state index contributed by atoms with van der Waals surface area (Å²) in [6, 6.07) is 5.89. The van der Waals surface area contributed by atoms with Gasteiger partial charge in [0.15, 0.2) is 0 Å². The fourth-order valence-corrected chi connectivity index (χ4v) is 5.15. The van der Waals surface area contributed by atoms with Gasteiger partial charge < -0.3 is 24.0 Å². The van der Waals surface area contributed by atoms with Gasteiger partial charge in [-0.05, 0) is 50.3 Å². The number of benzene rings is 1. The van der Waals surface area contributed by atoms with Crippen molar-refractivity contribution in [2.45, 2.75) is 64.3 Å². The number of carbonyl (C=O) groups excluding carboxylic acids is 1. The monoisotopic (exact) mass is 414 g/mol. The van der Waals surface area contributed by atoms with Gasteiger partial charge in [-0.25, -0.2) is 0 Å². The Balaban J connectivity index is 1.56. The Bertz CT molecular complexity index is 940. The minimum atomic E-state index is -0.318. The van der Waals surface area contributed by atoms with Crippen molar-refractivity contribution < 1.29 is 19.4 Å². The molecule has 6 heteroatoms. The van der Waals surface area contributed by atoms with Crippen LogP contribution in [0.2, 0.25) is 0 Å². The number of ether oxygens (including phenoxy) is 2. The molecule has 0 bridgehead atoms. The summed E-state index contributed by atoms with van der Waals surface area (Å²) in [5.41, 5.74) is 2.45. The summed E-state index contributed by atoms with van der Waals surface area (Å²) in [6.07, 6.45) is 2.69. The van der Waals surface area contributed by atoms with Crippen molar-refractivity contribution in [3.05, 3.63) is 29.5 Å². The fourth-order valence-electron chi connectivity index (χ4n) is 5.15. The first-order valence-corrected chi connectivity index (χ1v) is 11.0. The van der Waals surface area contributed by atoms with E-state index in [1.165, 1.54) is 0 Å². The molecule has 2 aliphatic rings. The van der Waals surface area contributed by atoms with Crippen molar-refractivity contribution in [2.24, 2.45) is 13.0 Å². The van der Waals surface area contributed by atoms with Crippen LogP contribution in [0, 0.1) is 12.8 Å². The molecule has 2 aliphatic heterocycles. The summed E-state index contributed by atoms with van der Waals surface area (Å²) in [5.74, 6) is 1.20. The van der Waals surface area contributed by atoms with Gasteiger partial charge in [0.2, 0.25) is 0 Å². The van der Waals surface area contributed by atoms with Crippen LogP contribution in [0.4, 0.5) is 0 Å². The molecule has 0 radical (unpaired) electrons. The molecule has 1 aromatic carbocycles. The number of nitrogens with zero attached hydrogens (tertiary/aromatic N) is 2. The lowest BCUT2D eigenvalue weighted by Crippen LogP contribution is -2.54. The summed E-state index contributed by atoms with van der Waals surface area (Å²) in [4.78, 5) is 15.5. The number of carbonyl (C=O) groups is 1. The highest BCUT2D eigenvalue weighted by Gasteiger charge is 2.44. The van der Waals surface area contributed by atoms with E-state index in [0.29, 0.717) is 31.8 Å². The van der Waals surface area contributed by atoms with Gasteiger partial charge in [0.1, 0.15) is 5.75 Å². The average Bonchev–Trinajstić information content (AvgIpc) is 2.97. The van der Waals surface area contributed by atoms with Crippen LogP contribution in [0.25, 0.3) is 10.9 Å². The number of methoxy groups -OCH3 is 1. The molecule has 1 amide bonds. The predicted molar refractivity (Wildman–Crippen MR) is 117 cm³/mol. The maximum absolute atomic E-state index is 13.5. The second-order valence-electron chi connectivity index (χ2n) is 9.37. The highest BCUT2D eigenvalue weighted by molar-refractivity contribution is 6.08. The molecule has 164 valence electrons. The topological polar surface area (TPSA) is 63.9 Å². The van der Waals surface area contributed by atoms with Crippen molar-refractivity contribution >= 4 is 16.8 Å². The summed E-state index contributed by atoms with van der Waals surface area (Å²) >= 11 is 0. The van der Waals surface area contributed by atoms with E-state index in [9.17, 15) is 9.90 Å². The average molecular weight is 415 g/mol. The zero-order chi connectivity index (χ0) is 21.6. The molecule has 1 aromatic heterocycles. The number of aliphatic hydroxyl groups excluding tert-OH is 1. The highest BCUT2D eigenvalue weighted by Crippen LogP contribution is 2.40. The lowest BCUT2D eigenvalue weighted by atomic mass is 9.80. The van der Waals surface area contributed by atoms with Gasteiger partial charge in [-0.2, -0.15) is 0 Å². The molecule has 6 nitrogen and oxygen atoms in total. The number of piperidine rings is 1. The van der Waals surface area contributed by atoms with Crippen LogP contribution in [0.3, 0.4) is 0 Å². The normalized spacial score (nSPS) is 24.0. The number of fused-ring (bicyclic) bond motifs is 1. The van der Waals surface area contributed by atoms with Crippen LogP contribution in [-0.2, 0) is 11.8 Å². The molecule has 0 unspecified atom stereocenters. The van der Waals surface area contributed by atoms with Crippen molar-refractivity contribution in [3.63, 3.8) is 0 Å². The molecule has 2 fully saturated rings. The van der Waals surface area contributed by atoms with Gasteiger partial charge >= 0.3 is 0 Å². The van der Waals surface area contributed by atoms with Gasteiger partial charge in [-0.15, -0.1) is 0 Å². The standard InChI is InChI=1S/C24H34N2O4/c1-15(2)21-12-17(27)14-24(30-21)8-10-26(11-9-24)23(28)22-16(3)25(4)20-7-6-18(29-5)13-19(20)22/h6-7,13,15,17,21,27H,8-12,14H2,1-5H3/t17-,21-/m1/s1. The maximum Gasteiger partial charge on any atom is 0.256 e. The van der Waals surface area contributed by atoms with Crippen molar-refractivity contribution in [3.8, 4) is 5.75 Å². The minimum Gasteiger partial charge on any atom is -0.497 e. The Morgan fingerprint density at radius 2 is 2.00 bits per heavy atom. The van der Waals surface area contributed by atoms with E-state index in [1.807, 2.05) is 37.1 Å². The Morgan fingerprint density at radius 3 is 2.63 bits per heavy atom. The Hall–Kier alpha value is -2.05. The lowest BCUT2D eigenvalue weighted by Gasteiger charge is -2.48. The first-order chi connectivity index (χ1) is 14.2. The fraction of sp³-hybridized carbons (Fsp3) is 0.625. The number of amides is 1. The number of aromatic nitrogens is 1. The second-order valence-corrected chi connectivity index (χ2v) is 9.37. The third-order valence-corrected chi connectivity index (χ3v) is 7.13. The summed E-state index contributed by atoms with van der Waals surface area (Å²) < 4.78 is 14.0. The summed E-state index contributed by atoms with van der Waals surface area (Å²) in [6.45, 7) is 7.59. The van der Waals surface area contributed by atoms with E-state index in [-0.39, 0.29) is 23.7 Å². The van der Waals surface area contributed by atoms with Gasteiger partial charge in [0, 0.05) is 43.2 Å². The van der Waals surface area contributed by atoms with Crippen molar-refractivity contribution in [1.82, 2.24) is 9.47 Å². The summed E-state index contributed by atoms with van der Waals surface area (Å²) in [7, 11) is 3.64. The van der Waals surface area contributed by atoms with Crippen molar-refractivity contribution in [1.29, 1.82) is 0 Å². The molecule has 2 aromatic rings. The third-order valence-electron chi connectivity index (χ3n) is 7.13. The zero-order valence-corrected chi connectivity index (χ0v) is 18.8. The third kappa shape index (κ3) is 3.60. The molecule has 1 N–H and O–H groups in total. The van der Waals surface area contributed by atoms with Crippen LogP contribution in [0.15, 0.2) is 18.2 Å². The molecule has 1 spiro atoms. The maximum atomic E-state index is 13.5. The van der Waals surface area contributed by atoms with Gasteiger partial charge in [-0.1, -0.05) is 13.8 Å². The van der Waals surface area contributed by atoms with E-state index >= 15 is 0 Å². The molecule has 4 rings (SSSR count). The van der Waals surface area contributed by atoms with Crippen LogP contribution < -0.4 is 4.74 Å². The Morgan fingerprint density at radius 1 is 1.30 bits per heavy atom. The number of aliphatic hydroxyl groups is 1. The molecule has 2 saturated heterocycles. The number of rotatable bonds is 3. The van der Waals surface area contributed by atoms with Crippen LogP contribution >= 0.6 is 0 Å². The molecule has 0 aliphatic carbocycles. The lowest BCUT2D eigenvalue weighted by molar-refractivity contribution is -0.190. The Kier molecular flexibility index (Phi) is 5.58. The number of hydrogen-bond acceptors (Lipinski definition) is 4. The van der Waals surface area contributed by atoms with Gasteiger partial charge in [0.05, 0.1) is 30.5 Å². The zero-order valence-electron chi connectivity index (χ0n) is 18.8. The first-order valence-electron chi connectivity index (χ1n) is 11.0. The van der Waals surface area contributed by atoms with Crippen LogP contribution in [0.5, 0.6) is 5.75 Å². The van der Waals surface area contributed by atoms with Gasteiger partial charge in [0.25, 0.3) is 5.91 Å². The van der Waals surface area contributed by atoms with E-state index < -0.39 is 0 Å². The van der Waals surface area contributed by atoms with E-state index in [4.69, 9.17) is 9.47 Å². The number of likely N-dealkylation sites (tertiary alicyclic amines) is 1.